The van der Waals surface area contributed by atoms with Crippen LogP contribution in [0.25, 0.3) is 38.6 Å². The van der Waals surface area contributed by atoms with Crippen LogP contribution in [0.5, 0.6) is 0 Å². The van der Waals surface area contributed by atoms with E-state index in [-0.39, 0.29) is 0 Å². The average Bonchev–Trinajstić information content (AvgIpc) is 3.18. The first-order valence-electron chi connectivity index (χ1n) is 8.66. The summed E-state index contributed by atoms with van der Waals surface area (Å²) in [6.45, 7) is 0. The van der Waals surface area contributed by atoms with Crippen molar-refractivity contribution >= 4 is 21.8 Å². The number of nitriles is 1. The molecule has 126 valence electrons. The van der Waals surface area contributed by atoms with E-state index in [1.54, 1.807) is 12.1 Å². The van der Waals surface area contributed by atoms with Gasteiger partial charge in [0.15, 0.2) is 0 Å². The molecule has 0 aliphatic carbocycles. The van der Waals surface area contributed by atoms with Crippen molar-refractivity contribution in [1.82, 2.24) is 14.8 Å². The third kappa shape index (κ3) is 2.54. The Hall–Kier alpha value is -3.97. The molecule has 27 heavy (non-hydrogen) atoms. The molecule has 0 N–H and O–H groups in total. The number of nitrogens with zero attached hydrogens (tertiary/aromatic N) is 4. The molecule has 0 saturated heterocycles. The van der Waals surface area contributed by atoms with Crippen LogP contribution in [-0.4, -0.2) is 14.8 Å². The molecule has 0 radical (unpaired) electrons. The standard InChI is InChI=1S/C23H14N4/c24-13-16-8-10-19(11-9-16)27-23-7-3-5-20(21(23)15-26-27)18-12-17-4-1-2-6-22(17)25-14-18/h1-12,14-15H. The van der Waals surface area contributed by atoms with Gasteiger partial charge >= 0.3 is 0 Å². The maximum Gasteiger partial charge on any atom is 0.0991 e. The van der Waals surface area contributed by atoms with E-state index >= 15 is 0 Å². The number of pyridine rings is 1. The normalized spacial score (nSPS) is 10.9. The molecule has 0 saturated carbocycles. The predicted molar refractivity (Wildman–Crippen MR) is 107 cm³/mol. The molecule has 0 amide bonds. The fraction of sp³-hybridized carbons (Fsp3) is 0. The maximum absolute atomic E-state index is 8.99. The van der Waals surface area contributed by atoms with Gasteiger partial charge in [-0.15, -0.1) is 0 Å². The molecule has 2 aromatic heterocycles. The Labute approximate surface area is 155 Å². The molecule has 4 heteroatoms. The van der Waals surface area contributed by atoms with E-state index < -0.39 is 0 Å². The summed E-state index contributed by atoms with van der Waals surface area (Å²) < 4.78 is 1.90. The van der Waals surface area contributed by atoms with Gasteiger partial charge in [0.25, 0.3) is 0 Å². The van der Waals surface area contributed by atoms with Gasteiger partial charge in [0.05, 0.1) is 34.6 Å². The molecule has 5 aromatic rings. The van der Waals surface area contributed by atoms with Crippen LogP contribution in [-0.2, 0) is 0 Å². The number of rotatable bonds is 2. The summed E-state index contributed by atoms with van der Waals surface area (Å²) in [7, 11) is 0. The number of hydrogen-bond donors (Lipinski definition) is 0. The molecule has 0 aliphatic heterocycles. The lowest BCUT2D eigenvalue weighted by Gasteiger charge is -2.07. The summed E-state index contributed by atoms with van der Waals surface area (Å²) in [6, 6.07) is 26.0. The zero-order valence-electron chi connectivity index (χ0n) is 14.4. The summed E-state index contributed by atoms with van der Waals surface area (Å²) in [5.74, 6) is 0. The fourth-order valence-electron chi connectivity index (χ4n) is 3.40. The zero-order valence-corrected chi connectivity index (χ0v) is 14.4. The van der Waals surface area contributed by atoms with Crippen molar-refractivity contribution in [2.24, 2.45) is 0 Å². The monoisotopic (exact) mass is 346 g/mol. The van der Waals surface area contributed by atoms with E-state index in [4.69, 9.17) is 5.26 Å². The molecule has 0 atom stereocenters. The van der Waals surface area contributed by atoms with E-state index in [0.717, 1.165) is 38.6 Å². The van der Waals surface area contributed by atoms with Crippen molar-refractivity contribution in [3.8, 4) is 22.9 Å². The molecule has 4 nitrogen and oxygen atoms in total. The first kappa shape index (κ1) is 15.3. The van der Waals surface area contributed by atoms with Crippen LogP contribution in [0.15, 0.2) is 85.2 Å². The van der Waals surface area contributed by atoms with E-state index in [2.05, 4.69) is 40.4 Å². The third-order valence-corrected chi connectivity index (χ3v) is 4.76. The van der Waals surface area contributed by atoms with Crippen LogP contribution in [0.2, 0.25) is 0 Å². The van der Waals surface area contributed by atoms with Gasteiger partial charge in [-0.25, -0.2) is 4.68 Å². The van der Waals surface area contributed by atoms with Crippen molar-refractivity contribution in [3.63, 3.8) is 0 Å². The summed E-state index contributed by atoms with van der Waals surface area (Å²) in [5.41, 5.74) is 5.74. The van der Waals surface area contributed by atoms with Gasteiger partial charge < -0.3 is 0 Å². The van der Waals surface area contributed by atoms with E-state index in [1.807, 2.05) is 53.5 Å². The van der Waals surface area contributed by atoms with Gasteiger partial charge in [0.2, 0.25) is 0 Å². The topological polar surface area (TPSA) is 54.5 Å². The van der Waals surface area contributed by atoms with Crippen LogP contribution >= 0.6 is 0 Å². The molecular formula is C23H14N4. The Balaban J connectivity index is 1.67. The van der Waals surface area contributed by atoms with Gasteiger partial charge in [-0.1, -0.05) is 30.3 Å². The second kappa shape index (κ2) is 6.08. The highest BCUT2D eigenvalue weighted by molar-refractivity contribution is 5.97. The quantitative estimate of drug-likeness (QED) is 0.446. The summed E-state index contributed by atoms with van der Waals surface area (Å²) in [4.78, 5) is 4.59. The Morgan fingerprint density at radius 1 is 0.852 bits per heavy atom. The minimum atomic E-state index is 0.637. The molecule has 0 bridgehead atoms. The van der Waals surface area contributed by atoms with Crippen molar-refractivity contribution in [1.29, 1.82) is 5.26 Å². The largest absolute Gasteiger partial charge is 0.256 e. The number of fused-ring (bicyclic) bond motifs is 2. The molecule has 5 rings (SSSR count). The lowest BCUT2D eigenvalue weighted by atomic mass is 10.0. The fourth-order valence-corrected chi connectivity index (χ4v) is 3.40. The van der Waals surface area contributed by atoms with Crippen LogP contribution < -0.4 is 0 Å². The van der Waals surface area contributed by atoms with Gasteiger partial charge in [-0.2, -0.15) is 10.4 Å². The van der Waals surface area contributed by atoms with E-state index in [1.165, 1.54) is 0 Å². The highest BCUT2D eigenvalue weighted by Gasteiger charge is 2.11. The SMILES string of the molecule is N#Cc1ccc(-n2ncc3c(-c4cnc5ccccc5c4)cccc32)cc1. The van der Waals surface area contributed by atoms with Gasteiger partial charge in [0.1, 0.15) is 0 Å². The second-order valence-corrected chi connectivity index (χ2v) is 6.37. The molecular weight excluding hydrogens is 332 g/mol. The Morgan fingerprint density at radius 3 is 2.56 bits per heavy atom. The molecule has 0 spiro atoms. The Bertz CT molecular complexity index is 1320. The van der Waals surface area contributed by atoms with E-state index in [0.29, 0.717) is 5.56 Å². The average molecular weight is 346 g/mol. The predicted octanol–water partition coefficient (Wildman–Crippen LogP) is 5.11. The van der Waals surface area contributed by atoms with E-state index in [9.17, 15) is 0 Å². The number of para-hydroxylation sites is 1. The molecule has 2 heterocycles. The second-order valence-electron chi connectivity index (χ2n) is 6.37. The summed E-state index contributed by atoms with van der Waals surface area (Å²) in [6.07, 6.45) is 3.80. The Morgan fingerprint density at radius 2 is 1.70 bits per heavy atom. The van der Waals surface area contributed by atoms with Crippen molar-refractivity contribution in [2.45, 2.75) is 0 Å². The number of hydrogen-bond acceptors (Lipinski definition) is 3. The summed E-state index contributed by atoms with van der Waals surface area (Å²) in [5, 5.41) is 15.8. The van der Waals surface area contributed by atoms with Gasteiger partial charge in [0, 0.05) is 22.5 Å². The molecule has 3 aromatic carbocycles. The summed E-state index contributed by atoms with van der Waals surface area (Å²) >= 11 is 0. The first-order chi connectivity index (χ1) is 13.3. The highest BCUT2D eigenvalue weighted by atomic mass is 15.3. The Kier molecular flexibility index (Phi) is 3.44. The minimum Gasteiger partial charge on any atom is -0.256 e. The minimum absolute atomic E-state index is 0.637. The molecule has 0 fully saturated rings. The lowest BCUT2D eigenvalue weighted by molar-refractivity contribution is 0.910. The lowest BCUT2D eigenvalue weighted by Crippen LogP contribution is -1.95. The molecule has 0 aliphatic rings. The molecule has 0 unspecified atom stereocenters. The third-order valence-electron chi connectivity index (χ3n) is 4.76. The van der Waals surface area contributed by atoms with Crippen molar-refractivity contribution in [3.05, 3.63) is 90.8 Å². The highest BCUT2D eigenvalue weighted by Crippen LogP contribution is 2.31. The van der Waals surface area contributed by atoms with Crippen LogP contribution in [0.1, 0.15) is 5.56 Å². The van der Waals surface area contributed by atoms with Crippen molar-refractivity contribution < 1.29 is 0 Å². The zero-order chi connectivity index (χ0) is 18.2. The van der Waals surface area contributed by atoms with Crippen molar-refractivity contribution in [2.75, 3.05) is 0 Å². The van der Waals surface area contributed by atoms with Gasteiger partial charge in [-0.05, 0) is 48.0 Å². The number of aromatic nitrogens is 3. The maximum atomic E-state index is 8.99. The smallest absolute Gasteiger partial charge is 0.0991 e. The number of benzene rings is 3. The van der Waals surface area contributed by atoms with Crippen LogP contribution in [0.4, 0.5) is 0 Å². The first-order valence-corrected chi connectivity index (χ1v) is 8.66. The van der Waals surface area contributed by atoms with Crippen LogP contribution in [0.3, 0.4) is 0 Å². The van der Waals surface area contributed by atoms with Crippen LogP contribution in [0, 0.1) is 11.3 Å². The van der Waals surface area contributed by atoms with Gasteiger partial charge in [-0.3, -0.25) is 4.98 Å².